The Labute approximate surface area is 132 Å². The molecule has 1 aliphatic rings. The van der Waals surface area contributed by atoms with E-state index in [1.807, 2.05) is 18.2 Å². The molecule has 1 N–H and O–H groups in total. The molecular formula is C16H13Cl2NO2. The van der Waals surface area contributed by atoms with Gasteiger partial charge in [-0.2, -0.15) is 0 Å². The number of benzene rings is 2. The van der Waals surface area contributed by atoms with Crippen LogP contribution < -0.4 is 10.1 Å². The second-order valence-electron chi connectivity index (χ2n) is 4.77. The third kappa shape index (κ3) is 2.99. The van der Waals surface area contributed by atoms with Gasteiger partial charge in [0.05, 0.1) is 17.5 Å². The molecule has 0 saturated heterocycles. The predicted octanol–water partition coefficient (Wildman–Crippen LogP) is 3.79. The zero-order chi connectivity index (χ0) is 14.8. The lowest BCUT2D eigenvalue weighted by Gasteiger charge is -2.13. The van der Waals surface area contributed by atoms with Gasteiger partial charge in [-0.05, 0) is 35.4 Å². The molecule has 0 spiro atoms. The number of hydrogen-bond donors (Lipinski definition) is 1. The summed E-state index contributed by atoms with van der Waals surface area (Å²) < 4.78 is 5.53. The molecule has 0 saturated carbocycles. The lowest BCUT2D eigenvalue weighted by molar-refractivity contribution is 0.0957. The molecule has 0 aromatic heterocycles. The summed E-state index contributed by atoms with van der Waals surface area (Å²) in [6.45, 7) is 0.976. The fourth-order valence-electron chi connectivity index (χ4n) is 2.25. The number of hydrogen-bond acceptors (Lipinski definition) is 2. The molecule has 2 aromatic rings. The van der Waals surface area contributed by atoms with Crippen LogP contribution in [-0.4, -0.2) is 19.1 Å². The third-order valence-corrected chi connectivity index (χ3v) is 4.10. The summed E-state index contributed by atoms with van der Waals surface area (Å²) in [5, 5.41) is 3.11. The number of nitrogens with one attached hydrogen (secondary N) is 1. The van der Waals surface area contributed by atoms with Crippen molar-refractivity contribution in [3.63, 3.8) is 0 Å². The first-order valence-corrected chi connectivity index (χ1v) is 7.41. The Hall–Kier alpha value is -1.71. The Bertz CT molecular complexity index is 670. The Morgan fingerprint density at radius 2 is 1.81 bits per heavy atom. The molecule has 1 amide bonds. The van der Waals surface area contributed by atoms with Crippen LogP contribution in [0.25, 0.3) is 0 Å². The lowest BCUT2D eigenvalue weighted by Crippen LogP contribution is -2.24. The molecule has 5 heteroatoms. The molecule has 3 rings (SSSR count). The highest BCUT2D eigenvalue weighted by Gasteiger charge is 2.19. The van der Waals surface area contributed by atoms with Crippen LogP contribution in [-0.2, 0) is 0 Å². The van der Waals surface area contributed by atoms with Crippen LogP contribution in [0.2, 0.25) is 5.02 Å². The van der Waals surface area contributed by atoms with Crippen molar-refractivity contribution in [3.8, 4) is 5.75 Å². The van der Waals surface area contributed by atoms with Crippen LogP contribution in [0.1, 0.15) is 26.9 Å². The Kier molecular flexibility index (Phi) is 4.04. The van der Waals surface area contributed by atoms with Gasteiger partial charge < -0.3 is 10.1 Å². The van der Waals surface area contributed by atoms with Gasteiger partial charge in [0.1, 0.15) is 12.4 Å². The maximum Gasteiger partial charge on any atom is 0.255 e. The number of fused-ring (bicyclic) bond motifs is 1. The van der Waals surface area contributed by atoms with Crippen molar-refractivity contribution < 1.29 is 9.53 Å². The zero-order valence-corrected chi connectivity index (χ0v) is 12.6. The molecule has 3 nitrogen and oxygen atoms in total. The minimum Gasteiger partial charge on any atom is -0.491 e. The van der Waals surface area contributed by atoms with E-state index in [0.29, 0.717) is 29.5 Å². The third-order valence-electron chi connectivity index (χ3n) is 3.35. The standard InChI is InChI=1S/C16H13Cl2NO2/c17-12-4-1-10(2-5-12)15(18)11-3-6-14-13(9-11)16(20)19-7-8-21-14/h1-6,9,15H,7-8H2,(H,19,20). The van der Waals surface area contributed by atoms with Gasteiger partial charge in [0, 0.05) is 5.02 Å². The first-order chi connectivity index (χ1) is 10.1. The van der Waals surface area contributed by atoms with Crippen LogP contribution in [0, 0.1) is 0 Å². The number of carbonyl (C=O) groups is 1. The maximum atomic E-state index is 12.0. The van der Waals surface area contributed by atoms with Crippen molar-refractivity contribution in [2.75, 3.05) is 13.2 Å². The quantitative estimate of drug-likeness (QED) is 0.854. The SMILES string of the molecule is O=C1NCCOc2ccc(C(Cl)c3ccc(Cl)cc3)cc21. The second kappa shape index (κ2) is 5.96. The summed E-state index contributed by atoms with van der Waals surface area (Å²) in [6, 6.07) is 12.8. The van der Waals surface area contributed by atoms with E-state index in [9.17, 15) is 4.79 Å². The molecule has 1 atom stereocenters. The van der Waals surface area contributed by atoms with E-state index in [0.717, 1.165) is 11.1 Å². The fraction of sp³-hybridized carbons (Fsp3) is 0.188. The van der Waals surface area contributed by atoms with Crippen molar-refractivity contribution in [1.82, 2.24) is 5.32 Å². The van der Waals surface area contributed by atoms with Gasteiger partial charge in [-0.25, -0.2) is 0 Å². The van der Waals surface area contributed by atoms with Crippen molar-refractivity contribution in [1.29, 1.82) is 0 Å². The largest absolute Gasteiger partial charge is 0.491 e. The van der Waals surface area contributed by atoms with Crippen LogP contribution >= 0.6 is 23.2 Å². The van der Waals surface area contributed by atoms with E-state index in [1.165, 1.54) is 0 Å². The van der Waals surface area contributed by atoms with Crippen LogP contribution in [0.5, 0.6) is 5.75 Å². The molecule has 108 valence electrons. The van der Waals surface area contributed by atoms with E-state index in [4.69, 9.17) is 27.9 Å². The van der Waals surface area contributed by atoms with E-state index < -0.39 is 0 Å². The second-order valence-corrected chi connectivity index (χ2v) is 5.65. The van der Waals surface area contributed by atoms with Gasteiger partial charge in [-0.1, -0.05) is 29.8 Å². The average molecular weight is 322 g/mol. The smallest absolute Gasteiger partial charge is 0.255 e. The Morgan fingerprint density at radius 1 is 1.10 bits per heavy atom. The topological polar surface area (TPSA) is 38.3 Å². The molecule has 0 bridgehead atoms. The molecule has 21 heavy (non-hydrogen) atoms. The highest BCUT2D eigenvalue weighted by atomic mass is 35.5. The van der Waals surface area contributed by atoms with Gasteiger partial charge in [-0.3, -0.25) is 4.79 Å². The number of carbonyl (C=O) groups excluding carboxylic acids is 1. The highest BCUT2D eigenvalue weighted by molar-refractivity contribution is 6.30. The highest BCUT2D eigenvalue weighted by Crippen LogP contribution is 2.32. The van der Waals surface area contributed by atoms with Crippen LogP contribution in [0.4, 0.5) is 0 Å². The summed E-state index contributed by atoms with van der Waals surface area (Å²) in [4.78, 5) is 12.0. The minimum atomic E-state index is -0.344. The first kappa shape index (κ1) is 14.2. The fourth-order valence-corrected chi connectivity index (χ4v) is 2.66. The molecule has 1 aliphatic heterocycles. The van der Waals surface area contributed by atoms with E-state index in [-0.39, 0.29) is 11.3 Å². The molecule has 0 radical (unpaired) electrons. The molecular weight excluding hydrogens is 309 g/mol. The number of halogens is 2. The van der Waals surface area contributed by atoms with E-state index in [1.54, 1.807) is 24.3 Å². The average Bonchev–Trinajstić information content (AvgIpc) is 2.69. The van der Waals surface area contributed by atoms with Gasteiger partial charge >= 0.3 is 0 Å². The molecule has 0 aliphatic carbocycles. The summed E-state index contributed by atoms with van der Waals surface area (Å²) in [5.74, 6) is 0.457. The summed E-state index contributed by atoms with van der Waals surface area (Å²) in [6.07, 6.45) is 0. The summed E-state index contributed by atoms with van der Waals surface area (Å²) in [7, 11) is 0. The van der Waals surface area contributed by atoms with Crippen LogP contribution in [0.3, 0.4) is 0 Å². The lowest BCUT2D eigenvalue weighted by atomic mass is 10.0. The number of amides is 1. The predicted molar refractivity (Wildman–Crippen MR) is 83.4 cm³/mol. The number of alkyl halides is 1. The van der Waals surface area contributed by atoms with E-state index >= 15 is 0 Å². The minimum absolute atomic E-state index is 0.135. The van der Waals surface area contributed by atoms with Crippen molar-refractivity contribution >= 4 is 29.1 Å². The van der Waals surface area contributed by atoms with Gasteiger partial charge in [-0.15, -0.1) is 11.6 Å². The molecule has 2 aromatic carbocycles. The summed E-state index contributed by atoms with van der Waals surface area (Å²) in [5.41, 5.74) is 2.29. The van der Waals surface area contributed by atoms with Crippen molar-refractivity contribution in [2.45, 2.75) is 5.38 Å². The number of ether oxygens (including phenoxy) is 1. The van der Waals surface area contributed by atoms with Crippen molar-refractivity contribution in [2.24, 2.45) is 0 Å². The normalized spacial score (nSPS) is 15.4. The first-order valence-electron chi connectivity index (χ1n) is 6.59. The van der Waals surface area contributed by atoms with Gasteiger partial charge in [0.2, 0.25) is 0 Å². The van der Waals surface area contributed by atoms with E-state index in [2.05, 4.69) is 5.32 Å². The number of rotatable bonds is 2. The van der Waals surface area contributed by atoms with Gasteiger partial charge in [0.25, 0.3) is 5.91 Å². The van der Waals surface area contributed by atoms with Crippen molar-refractivity contribution in [3.05, 3.63) is 64.2 Å². The molecule has 1 unspecified atom stereocenters. The van der Waals surface area contributed by atoms with Gasteiger partial charge in [0.15, 0.2) is 0 Å². The molecule has 0 fully saturated rings. The zero-order valence-electron chi connectivity index (χ0n) is 11.1. The van der Waals surface area contributed by atoms with Crippen LogP contribution in [0.15, 0.2) is 42.5 Å². The Morgan fingerprint density at radius 3 is 2.57 bits per heavy atom. The summed E-state index contributed by atoms with van der Waals surface area (Å²) >= 11 is 12.4. The Balaban J connectivity index is 1.96. The molecule has 1 heterocycles. The monoisotopic (exact) mass is 321 g/mol. The maximum absolute atomic E-state index is 12.0.